The molecule has 3 aromatic carbocycles. The van der Waals surface area contributed by atoms with E-state index >= 15 is 0 Å². The molecule has 0 amide bonds. The number of ketones is 1. The van der Waals surface area contributed by atoms with Crippen molar-refractivity contribution >= 4 is 23.4 Å². The van der Waals surface area contributed by atoms with E-state index in [-0.39, 0.29) is 6.61 Å². The standard InChI is InChI=1S/C31H25F3N2O6/c1-3-41-29(38)31(36-25-15-14-22(32)17-23(25)33,27(37)21-16-24(34)28(40-2)35-18-21)30(39)42-26(19-10-6-4-7-11-19)20-12-8-5-9-13-20/h4-18,26,36H,3H2,1-2H3. The van der Waals surface area contributed by atoms with E-state index in [2.05, 4.69) is 10.3 Å². The van der Waals surface area contributed by atoms with Crippen LogP contribution in [0.15, 0.2) is 91.1 Å². The lowest BCUT2D eigenvalue weighted by Crippen LogP contribution is -2.61. The molecule has 11 heteroatoms. The normalized spacial score (nSPS) is 12.2. The van der Waals surface area contributed by atoms with Gasteiger partial charge < -0.3 is 19.5 Å². The van der Waals surface area contributed by atoms with Crippen LogP contribution in [0.3, 0.4) is 0 Å². The number of Topliss-reactive ketones (excluding diaryl/α,β-unsaturated/α-hetero) is 1. The van der Waals surface area contributed by atoms with E-state index in [4.69, 9.17) is 14.2 Å². The quantitative estimate of drug-likeness (QED) is 0.143. The van der Waals surface area contributed by atoms with Crippen LogP contribution in [0.2, 0.25) is 0 Å². The number of ether oxygens (including phenoxy) is 3. The van der Waals surface area contributed by atoms with Gasteiger partial charge in [-0.1, -0.05) is 60.7 Å². The van der Waals surface area contributed by atoms with Crippen molar-refractivity contribution in [1.82, 2.24) is 4.98 Å². The highest BCUT2D eigenvalue weighted by molar-refractivity contribution is 6.32. The number of carbonyl (C=O) groups is 3. The highest BCUT2D eigenvalue weighted by atomic mass is 19.1. The van der Waals surface area contributed by atoms with Gasteiger partial charge in [0.05, 0.1) is 19.4 Å². The minimum atomic E-state index is -3.13. The lowest BCUT2D eigenvalue weighted by Gasteiger charge is -2.32. The van der Waals surface area contributed by atoms with Crippen LogP contribution in [0.25, 0.3) is 0 Å². The Morgan fingerprint density at radius 3 is 2.00 bits per heavy atom. The number of nitrogens with zero attached hydrogens (tertiary/aromatic N) is 1. The number of aromatic nitrogens is 1. The summed E-state index contributed by atoms with van der Waals surface area (Å²) in [5, 5.41) is 2.31. The second-order valence-electron chi connectivity index (χ2n) is 8.87. The number of hydrogen-bond acceptors (Lipinski definition) is 8. The lowest BCUT2D eigenvalue weighted by molar-refractivity contribution is -0.162. The number of carbonyl (C=O) groups excluding carboxylic acids is 3. The van der Waals surface area contributed by atoms with Crippen LogP contribution in [0.5, 0.6) is 5.88 Å². The Morgan fingerprint density at radius 1 is 0.857 bits per heavy atom. The number of methoxy groups -OCH3 is 1. The molecule has 216 valence electrons. The van der Waals surface area contributed by atoms with Gasteiger partial charge in [0.1, 0.15) is 11.6 Å². The topological polar surface area (TPSA) is 104 Å². The van der Waals surface area contributed by atoms with Gasteiger partial charge in [0.25, 0.3) is 5.54 Å². The molecule has 0 saturated heterocycles. The van der Waals surface area contributed by atoms with Crippen LogP contribution in [0.1, 0.15) is 34.5 Å². The molecule has 1 unspecified atom stereocenters. The molecule has 0 radical (unpaired) electrons. The van der Waals surface area contributed by atoms with Crippen molar-refractivity contribution in [3.05, 3.63) is 125 Å². The largest absolute Gasteiger partial charge is 0.479 e. The van der Waals surface area contributed by atoms with Crippen molar-refractivity contribution in [2.24, 2.45) is 0 Å². The Balaban J connectivity index is 1.91. The maximum Gasteiger partial charge on any atom is 0.353 e. The number of pyridine rings is 1. The third-order valence-electron chi connectivity index (χ3n) is 6.17. The van der Waals surface area contributed by atoms with E-state index < -0.39 is 63.9 Å². The van der Waals surface area contributed by atoms with E-state index in [1.807, 2.05) is 0 Å². The molecule has 0 spiro atoms. The lowest BCUT2D eigenvalue weighted by atomic mass is 9.88. The van der Waals surface area contributed by atoms with Gasteiger partial charge >= 0.3 is 11.9 Å². The minimum absolute atomic E-state index is 0.301. The van der Waals surface area contributed by atoms with E-state index in [1.54, 1.807) is 60.7 Å². The van der Waals surface area contributed by atoms with E-state index in [0.717, 1.165) is 25.4 Å². The molecule has 0 aliphatic heterocycles. The Labute approximate surface area is 239 Å². The summed E-state index contributed by atoms with van der Waals surface area (Å²) in [7, 11) is 1.15. The van der Waals surface area contributed by atoms with Gasteiger partial charge in [0.15, 0.2) is 11.9 Å². The summed E-state index contributed by atoms with van der Waals surface area (Å²) in [6.45, 7) is 1.12. The number of anilines is 1. The van der Waals surface area contributed by atoms with Crippen LogP contribution < -0.4 is 10.1 Å². The van der Waals surface area contributed by atoms with Crippen molar-refractivity contribution in [1.29, 1.82) is 0 Å². The summed E-state index contributed by atoms with van der Waals surface area (Å²) >= 11 is 0. The Morgan fingerprint density at radius 2 is 1.48 bits per heavy atom. The molecular formula is C31H25F3N2O6. The predicted octanol–water partition coefficient (Wildman–Crippen LogP) is 5.44. The zero-order chi connectivity index (χ0) is 30.3. The average Bonchev–Trinajstić information content (AvgIpc) is 3.00. The Bertz CT molecular complexity index is 1550. The number of benzene rings is 3. The molecule has 0 saturated carbocycles. The van der Waals surface area contributed by atoms with Crippen molar-refractivity contribution < 1.29 is 41.8 Å². The molecule has 0 fully saturated rings. The highest BCUT2D eigenvalue weighted by Crippen LogP contribution is 2.32. The van der Waals surface area contributed by atoms with Crippen LogP contribution in [-0.4, -0.2) is 42.0 Å². The summed E-state index contributed by atoms with van der Waals surface area (Å²) in [6.07, 6.45) is -0.271. The highest BCUT2D eigenvalue weighted by Gasteiger charge is 2.57. The van der Waals surface area contributed by atoms with Gasteiger partial charge in [-0.15, -0.1) is 0 Å². The van der Waals surface area contributed by atoms with Gasteiger partial charge in [-0.3, -0.25) is 4.79 Å². The SMILES string of the molecule is CCOC(=O)C(Nc1ccc(F)cc1F)(C(=O)OC(c1ccccc1)c1ccccc1)C(=O)c1cnc(OC)c(F)c1. The van der Waals surface area contributed by atoms with Gasteiger partial charge in [0, 0.05) is 17.8 Å². The average molecular weight is 579 g/mol. The smallest absolute Gasteiger partial charge is 0.353 e. The molecule has 1 N–H and O–H groups in total. The monoisotopic (exact) mass is 578 g/mol. The predicted molar refractivity (Wildman–Crippen MR) is 145 cm³/mol. The van der Waals surface area contributed by atoms with E-state index in [1.165, 1.54) is 6.92 Å². The van der Waals surface area contributed by atoms with Gasteiger partial charge in [-0.05, 0) is 36.2 Å². The van der Waals surface area contributed by atoms with Crippen LogP contribution in [0, 0.1) is 17.5 Å². The molecule has 1 heterocycles. The molecule has 0 aliphatic rings. The van der Waals surface area contributed by atoms with Crippen LogP contribution >= 0.6 is 0 Å². The summed E-state index contributed by atoms with van der Waals surface area (Å²) in [5.41, 5.74) is -3.34. The molecule has 0 aliphatic carbocycles. The molecular weight excluding hydrogens is 553 g/mol. The third-order valence-corrected chi connectivity index (χ3v) is 6.17. The Kier molecular flexibility index (Phi) is 9.21. The first-order valence-corrected chi connectivity index (χ1v) is 12.7. The third kappa shape index (κ3) is 6.09. The number of halogens is 3. The zero-order valence-corrected chi connectivity index (χ0v) is 22.5. The molecule has 4 aromatic rings. The fourth-order valence-corrected chi connectivity index (χ4v) is 4.16. The second-order valence-corrected chi connectivity index (χ2v) is 8.87. The van der Waals surface area contributed by atoms with E-state index in [9.17, 15) is 27.6 Å². The molecule has 1 aromatic heterocycles. The summed E-state index contributed by atoms with van der Waals surface area (Å²) in [5.74, 6) is -8.06. The molecule has 1 atom stereocenters. The number of esters is 2. The van der Waals surface area contributed by atoms with Crippen molar-refractivity contribution in [2.75, 3.05) is 19.0 Å². The first-order chi connectivity index (χ1) is 20.2. The van der Waals surface area contributed by atoms with Crippen LogP contribution in [0.4, 0.5) is 18.9 Å². The molecule has 0 bridgehead atoms. The maximum atomic E-state index is 14.9. The van der Waals surface area contributed by atoms with Crippen molar-refractivity contribution in [3.8, 4) is 5.88 Å². The second kappa shape index (κ2) is 13.0. The van der Waals surface area contributed by atoms with Gasteiger partial charge in [0.2, 0.25) is 11.7 Å². The van der Waals surface area contributed by atoms with Crippen LogP contribution in [-0.2, 0) is 19.1 Å². The maximum absolute atomic E-state index is 14.9. The Hall–Kier alpha value is -5.19. The molecule has 4 rings (SSSR count). The zero-order valence-electron chi connectivity index (χ0n) is 22.5. The molecule has 8 nitrogen and oxygen atoms in total. The first kappa shape index (κ1) is 29.8. The summed E-state index contributed by atoms with van der Waals surface area (Å²) in [4.78, 5) is 45.6. The minimum Gasteiger partial charge on any atom is -0.479 e. The first-order valence-electron chi connectivity index (χ1n) is 12.7. The molecule has 42 heavy (non-hydrogen) atoms. The number of rotatable bonds is 11. The van der Waals surface area contributed by atoms with Crippen molar-refractivity contribution in [2.45, 2.75) is 18.6 Å². The van der Waals surface area contributed by atoms with E-state index in [0.29, 0.717) is 23.3 Å². The van der Waals surface area contributed by atoms with Gasteiger partial charge in [-0.25, -0.2) is 27.7 Å². The summed E-state index contributed by atoms with van der Waals surface area (Å²) in [6, 6.07) is 19.8. The summed E-state index contributed by atoms with van der Waals surface area (Å²) < 4.78 is 59.0. The fraction of sp³-hybridized carbons (Fsp3) is 0.161. The van der Waals surface area contributed by atoms with Crippen molar-refractivity contribution in [3.63, 3.8) is 0 Å². The number of hydrogen-bond donors (Lipinski definition) is 1. The van der Waals surface area contributed by atoms with Gasteiger partial charge in [-0.2, -0.15) is 0 Å². The fourth-order valence-electron chi connectivity index (χ4n) is 4.16. The number of nitrogens with one attached hydrogen (secondary N) is 1.